The second-order valence-electron chi connectivity index (χ2n) is 4.80. The summed E-state index contributed by atoms with van der Waals surface area (Å²) in [6.45, 7) is 2.48. The van der Waals surface area contributed by atoms with Gasteiger partial charge in [-0.1, -0.05) is 6.07 Å². The van der Waals surface area contributed by atoms with Gasteiger partial charge in [0.2, 0.25) is 5.76 Å². The Balaban J connectivity index is 1.77. The molecular formula is C15H14N2O5. The van der Waals surface area contributed by atoms with Crippen LogP contribution in [0.3, 0.4) is 0 Å². The third kappa shape index (κ3) is 2.93. The van der Waals surface area contributed by atoms with Crippen molar-refractivity contribution in [2.24, 2.45) is 0 Å². The van der Waals surface area contributed by atoms with Crippen LogP contribution in [0.25, 0.3) is 5.65 Å². The molecule has 0 saturated carbocycles. The van der Waals surface area contributed by atoms with E-state index in [1.54, 1.807) is 12.3 Å². The fraction of sp³-hybridized carbons (Fsp3) is 0.267. The van der Waals surface area contributed by atoms with E-state index < -0.39 is 5.97 Å². The van der Waals surface area contributed by atoms with Crippen LogP contribution in [0.5, 0.6) is 0 Å². The number of carbonyl (C=O) groups excluding carboxylic acids is 1. The lowest BCUT2D eigenvalue weighted by Gasteiger charge is -2.14. The number of aromatic nitrogens is 2. The van der Waals surface area contributed by atoms with Gasteiger partial charge in [-0.15, -0.1) is 0 Å². The predicted molar refractivity (Wildman–Crippen MR) is 76.0 cm³/mol. The van der Waals surface area contributed by atoms with Crippen molar-refractivity contribution < 1.29 is 19.0 Å². The van der Waals surface area contributed by atoms with Crippen molar-refractivity contribution in [3.8, 4) is 0 Å². The van der Waals surface area contributed by atoms with Gasteiger partial charge in [-0.2, -0.15) is 0 Å². The van der Waals surface area contributed by atoms with Crippen LogP contribution >= 0.6 is 0 Å². The first-order valence-electron chi connectivity index (χ1n) is 6.74. The fourth-order valence-electron chi connectivity index (χ4n) is 2.02. The Bertz CT molecular complexity index is 809. The van der Waals surface area contributed by atoms with Crippen molar-refractivity contribution >= 4 is 11.6 Å². The number of pyridine rings is 1. The van der Waals surface area contributed by atoms with Gasteiger partial charge in [0.05, 0.1) is 5.69 Å². The van der Waals surface area contributed by atoms with Gasteiger partial charge in [0.1, 0.15) is 31.7 Å². The molecule has 1 aliphatic heterocycles. The Morgan fingerprint density at radius 3 is 3.05 bits per heavy atom. The van der Waals surface area contributed by atoms with Crippen LogP contribution in [-0.4, -0.2) is 28.6 Å². The maximum Gasteiger partial charge on any atom is 0.377 e. The van der Waals surface area contributed by atoms with Crippen LogP contribution < -0.4 is 5.56 Å². The molecule has 1 aliphatic rings. The van der Waals surface area contributed by atoms with Gasteiger partial charge in [-0.05, 0) is 18.6 Å². The first-order valence-corrected chi connectivity index (χ1v) is 6.74. The number of hydrogen-bond acceptors (Lipinski definition) is 6. The molecule has 0 N–H and O–H groups in total. The fourth-order valence-corrected chi connectivity index (χ4v) is 2.02. The Labute approximate surface area is 125 Å². The van der Waals surface area contributed by atoms with E-state index in [-0.39, 0.29) is 17.9 Å². The lowest BCUT2D eigenvalue weighted by atomic mass is 10.3. The molecule has 0 bridgehead atoms. The smallest absolute Gasteiger partial charge is 0.377 e. The highest BCUT2D eigenvalue weighted by Crippen LogP contribution is 2.08. The van der Waals surface area contributed by atoms with Crippen molar-refractivity contribution in [3.63, 3.8) is 0 Å². The molecule has 7 heteroatoms. The highest BCUT2D eigenvalue weighted by molar-refractivity contribution is 5.86. The molecule has 2 aromatic heterocycles. The summed E-state index contributed by atoms with van der Waals surface area (Å²) in [5, 5.41) is 0. The summed E-state index contributed by atoms with van der Waals surface area (Å²) in [6, 6.07) is 4.94. The van der Waals surface area contributed by atoms with Crippen LogP contribution in [0, 0.1) is 6.92 Å². The molecule has 0 amide bonds. The van der Waals surface area contributed by atoms with Gasteiger partial charge in [0, 0.05) is 12.3 Å². The molecule has 7 nitrogen and oxygen atoms in total. The minimum Gasteiger partial charge on any atom is -0.493 e. The van der Waals surface area contributed by atoms with Crippen LogP contribution in [0.2, 0.25) is 0 Å². The maximum absolute atomic E-state index is 12.0. The molecular weight excluding hydrogens is 288 g/mol. The second-order valence-corrected chi connectivity index (χ2v) is 4.80. The largest absolute Gasteiger partial charge is 0.493 e. The monoisotopic (exact) mass is 302 g/mol. The molecule has 0 unspecified atom stereocenters. The number of aryl methyl sites for hydroxylation is 1. The Morgan fingerprint density at radius 1 is 1.41 bits per heavy atom. The Kier molecular flexibility index (Phi) is 3.78. The van der Waals surface area contributed by atoms with E-state index in [4.69, 9.17) is 14.2 Å². The number of hydrogen-bond donors (Lipinski definition) is 0. The summed E-state index contributed by atoms with van der Waals surface area (Å²) >= 11 is 0. The highest BCUT2D eigenvalue weighted by Gasteiger charge is 2.17. The molecule has 0 saturated heterocycles. The van der Waals surface area contributed by atoms with Gasteiger partial charge >= 0.3 is 5.97 Å². The number of ether oxygens (including phenoxy) is 3. The standard InChI is InChI=1S/C15H14N2O5/c1-10-2-3-13-16-11(6-14(18)17(13)7-10)8-22-15(19)12-9-20-4-5-21-12/h2-3,6-7,9H,4-5,8H2,1H3. The summed E-state index contributed by atoms with van der Waals surface area (Å²) in [4.78, 5) is 28.1. The molecule has 22 heavy (non-hydrogen) atoms. The number of rotatable bonds is 3. The highest BCUT2D eigenvalue weighted by atomic mass is 16.6. The van der Waals surface area contributed by atoms with Gasteiger partial charge in [0.15, 0.2) is 0 Å². The molecule has 0 aromatic carbocycles. The van der Waals surface area contributed by atoms with Crippen molar-refractivity contribution in [3.05, 3.63) is 58.0 Å². The maximum atomic E-state index is 12.0. The summed E-state index contributed by atoms with van der Waals surface area (Å²) in [7, 11) is 0. The summed E-state index contributed by atoms with van der Waals surface area (Å²) in [6.07, 6.45) is 2.93. The lowest BCUT2D eigenvalue weighted by Crippen LogP contribution is -2.19. The minimum absolute atomic E-state index is 0.0133. The zero-order valence-electron chi connectivity index (χ0n) is 11.9. The van der Waals surface area contributed by atoms with Crippen LogP contribution in [-0.2, 0) is 25.6 Å². The topological polar surface area (TPSA) is 79.1 Å². The number of fused-ring (bicyclic) bond motifs is 1. The van der Waals surface area contributed by atoms with Crippen molar-refractivity contribution in [2.45, 2.75) is 13.5 Å². The van der Waals surface area contributed by atoms with Crippen molar-refractivity contribution in [1.29, 1.82) is 0 Å². The average Bonchev–Trinajstić information content (AvgIpc) is 2.54. The third-order valence-electron chi connectivity index (χ3n) is 3.06. The van der Waals surface area contributed by atoms with Gasteiger partial charge < -0.3 is 14.2 Å². The molecule has 3 heterocycles. The van der Waals surface area contributed by atoms with Crippen molar-refractivity contribution in [1.82, 2.24) is 9.38 Å². The Hall–Kier alpha value is -2.83. The second kappa shape index (κ2) is 5.88. The van der Waals surface area contributed by atoms with E-state index in [9.17, 15) is 9.59 Å². The summed E-state index contributed by atoms with van der Waals surface area (Å²) < 4.78 is 16.6. The van der Waals surface area contributed by atoms with Crippen LogP contribution in [0.15, 0.2) is 41.2 Å². The van der Waals surface area contributed by atoms with Crippen LogP contribution in [0.1, 0.15) is 11.3 Å². The molecule has 0 atom stereocenters. The number of esters is 1. The van der Waals surface area contributed by atoms with Crippen LogP contribution in [0.4, 0.5) is 0 Å². The van der Waals surface area contributed by atoms with E-state index in [0.29, 0.717) is 24.6 Å². The molecule has 0 aliphatic carbocycles. The average molecular weight is 302 g/mol. The van der Waals surface area contributed by atoms with Gasteiger partial charge in [-0.25, -0.2) is 9.78 Å². The van der Waals surface area contributed by atoms with E-state index >= 15 is 0 Å². The first-order chi connectivity index (χ1) is 10.6. The number of carbonyl (C=O) groups is 1. The molecule has 0 fully saturated rings. The van der Waals surface area contributed by atoms with E-state index in [2.05, 4.69) is 4.98 Å². The Morgan fingerprint density at radius 2 is 2.27 bits per heavy atom. The minimum atomic E-state index is -0.648. The molecule has 0 radical (unpaired) electrons. The third-order valence-corrected chi connectivity index (χ3v) is 3.06. The lowest BCUT2D eigenvalue weighted by molar-refractivity contribution is -0.146. The van der Waals surface area contributed by atoms with E-state index in [0.717, 1.165) is 5.56 Å². The SMILES string of the molecule is Cc1ccc2nc(COC(=O)C3=COCCO3)cc(=O)n2c1. The normalized spacial score (nSPS) is 14.0. The summed E-state index contributed by atoms with van der Waals surface area (Å²) in [5.74, 6) is -0.634. The molecule has 114 valence electrons. The summed E-state index contributed by atoms with van der Waals surface area (Å²) in [5.41, 5.74) is 1.60. The predicted octanol–water partition coefficient (Wildman–Crippen LogP) is 0.934. The first kappa shape index (κ1) is 14.1. The van der Waals surface area contributed by atoms with Gasteiger partial charge in [0.25, 0.3) is 5.56 Å². The molecule has 2 aromatic rings. The molecule has 3 rings (SSSR count). The number of nitrogens with zero attached hydrogens (tertiary/aromatic N) is 2. The zero-order valence-corrected chi connectivity index (χ0v) is 11.9. The van der Waals surface area contributed by atoms with Gasteiger partial charge in [-0.3, -0.25) is 9.20 Å². The molecule has 0 spiro atoms. The van der Waals surface area contributed by atoms with E-state index in [1.807, 2.05) is 13.0 Å². The quantitative estimate of drug-likeness (QED) is 0.785. The van der Waals surface area contributed by atoms with E-state index in [1.165, 1.54) is 16.7 Å². The zero-order chi connectivity index (χ0) is 15.5. The van der Waals surface area contributed by atoms with Crippen molar-refractivity contribution in [2.75, 3.05) is 13.2 Å².